The Hall–Kier alpha value is -1.79. The van der Waals surface area contributed by atoms with Crippen LogP contribution in [0.5, 0.6) is 5.75 Å². The first-order chi connectivity index (χ1) is 10.7. The molecule has 0 saturated carbocycles. The summed E-state index contributed by atoms with van der Waals surface area (Å²) in [6, 6.07) is 8.06. The van der Waals surface area contributed by atoms with Crippen molar-refractivity contribution >= 4 is 6.03 Å². The van der Waals surface area contributed by atoms with Crippen molar-refractivity contribution in [3.8, 4) is 5.75 Å². The van der Waals surface area contributed by atoms with Crippen LogP contribution in [0.3, 0.4) is 0 Å². The van der Waals surface area contributed by atoms with E-state index in [1.54, 1.807) is 14.2 Å². The summed E-state index contributed by atoms with van der Waals surface area (Å²) >= 11 is 0. The van der Waals surface area contributed by atoms with Crippen molar-refractivity contribution in [2.45, 2.75) is 6.54 Å². The van der Waals surface area contributed by atoms with Gasteiger partial charge < -0.3 is 19.7 Å². The Kier molecular flexibility index (Phi) is 6.48. The van der Waals surface area contributed by atoms with Crippen molar-refractivity contribution in [2.75, 3.05) is 53.6 Å². The number of amides is 2. The lowest BCUT2D eigenvalue weighted by atomic mass is 10.1. The van der Waals surface area contributed by atoms with Gasteiger partial charge in [0, 0.05) is 51.9 Å². The van der Waals surface area contributed by atoms with Gasteiger partial charge in [0.2, 0.25) is 0 Å². The summed E-state index contributed by atoms with van der Waals surface area (Å²) in [6.45, 7) is 5.17. The molecule has 0 spiro atoms. The second-order valence-electron chi connectivity index (χ2n) is 5.30. The first-order valence-electron chi connectivity index (χ1n) is 7.60. The lowest BCUT2D eigenvalue weighted by molar-refractivity contribution is 0.131. The molecule has 0 atom stereocenters. The first-order valence-corrected chi connectivity index (χ1v) is 7.60. The molecular weight excluding hydrogens is 282 g/mol. The summed E-state index contributed by atoms with van der Waals surface area (Å²) in [5, 5.41) is 2.86. The van der Waals surface area contributed by atoms with Crippen molar-refractivity contribution in [1.82, 2.24) is 15.1 Å². The summed E-state index contributed by atoms with van der Waals surface area (Å²) in [6.07, 6.45) is 0. The quantitative estimate of drug-likeness (QED) is 0.802. The highest BCUT2D eigenvalue weighted by Gasteiger charge is 2.21. The lowest BCUT2D eigenvalue weighted by Gasteiger charge is -2.34. The summed E-state index contributed by atoms with van der Waals surface area (Å²) < 4.78 is 10.3. The molecule has 6 heteroatoms. The van der Waals surface area contributed by atoms with Crippen LogP contribution in [0.1, 0.15) is 5.56 Å². The lowest BCUT2D eigenvalue weighted by Crippen LogP contribution is -2.51. The van der Waals surface area contributed by atoms with E-state index in [0.29, 0.717) is 13.2 Å². The standard InChI is InChI=1S/C16H25N3O3/c1-21-12-7-17-16(20)19-10-8-18(9-11-19)13-14-5-3-4-6-15(14)22-2/h3-6H,7-13H2,1-2H3,(H,17,20). The molecule has 0 bridgehead atoms. The van der Waals surface area contributed by atoms with Crippen molar-refractivity contribution in [3.05, 3.63) is 29.8 Å². The van der Waals surface area contributed by atoms with E-state index in [1.165, 1.54) is 5.56 Å². The minimum absolute atomic E-state index is 0.00556. The van der Waals surface area contributed by atoms with Crippen molar-refractivity contribution < 1.29 is 14.3 Å². The van der Waals surface area contributed by atoms with E-state index >= 15 is 0 Å². The number of methoxy groups -OCH3 is 2. The van der Waals surface area contributed by atoms with Crippen molar-refractivity contribution in [3.63, 3.8) is 0 Å². The van der Waals surface area contributed by atoms with Crippen LogP contribution in [0.25, 0.3) is 0 Å². The number of urea groups is 1. The van der Waals surface area contributed by atoms with Gasteiger partial charge in [0.15, 0.2) is 0 Å². The van der Waals surface area contributed by atoms with Gasteiger partial charge in [-0.3, -0.25) is 4.90 Å². The second-order valence-corrected chi connectivity index (χ2v) is 5.30. The van der Waals surface area contributed by atoms with Crippen LogP contribution in [0.2, 0.25) is 0 Å². The molecule has 1 N–H and O–H groups in total. The monoisotopic (exact) mass is 307 g/mol. The van der Waals surface area contributed by atoms with E-state index in [4.69, 9.17) is 9.47 Å². The minimum atomic E-state index is -0.00556. The smallest absolute Gasteiger partial charge is 0.317 e. The number of carbonyl (C=O) groups excluding carboxylic acids is 1. The fraction of sp³-hybridized carbons (Fsp3) is 0.562. The molecule has 0 radical (unpaired) electrons. The van der Waals surface area contributed by atoms with Gasteiger partial charge in [-0.15, -0.1) is 0 Å². The molecule has 6 nitrogen and oxygen atoms in total. The van der Waals surface area contributed by atoms with E-state index in [9.17, 15) is 4.79 Å². The van der Waals surface area contributed by atoms with Gasteiger partial charge in [-0.1, -0.05) is 18.2 Å². The number of hydrogen-bond acceptors (Lipinski definition) is 4. The van der Waals surface area contributed by atoms with E-state index in [2.05, 4.69) is 16.3 Å². The van der Waals surface area contributed by atoms with Crippen molar-refractivity contribution in [2.24, 2.45) is 0 Å². The molecule has 1 saturated heterocycles. The molecular formula is C16H25N3O3. The van der Waals surface area contributed by atoms with Crippen LogP contribution in [-0.2, 0) is 11.3 Å². The Bertz CT molecular complexity index is 473. The third-order valence-electron chi connectivity index (χ3n) is 3.83. The number of hydrogen-bond donors (Lipinski definition) is 1. The van der Waals surface area contributed by atoms with Crippen LogP contribution >= 0.6 is 0 Å². The van der Waals surface area contributed by atoms with Gasteiger partial charge in [0.25, 0.3) is 0 Å². The predicted molar refractivity (Wildman–Crippen MR) is 85.1 cm³/mol. The maximum Gasteiger partial charge on any atom is 0.317 e. The molecule has 1 fully saturated rings. The Balaban J connectivity index is 1.78. The highest BCUT2D eigenvalue weighted by atomic mass is 16.5. The summed E-state index contributed by atoms with van der Waals surface area (Å²) in [4.78, 5) is 16.2. The SMILES string of the molecule is COCCNC(=O)N1CCN(Cc2ccccc2OC)CC1. The van der Waals surface area contributed by atoms with Crippen LogP contribution < -0.4 is 10.1 Å². The Morgan fingerprint density at radius 2 is 1.91 bits per heavy atom. The highest BCUT2D eigenvalue weighted by Crippen LogP contribution is 2.19. The Labute approximate surface area is 132 Å². The third kappa shape index (κ3) is 4.61. The molecule has 1 aromatic carbocycles. The molecule has 1 aliphatic heterocycles. The predicted octanol–water partition coefficient (Wildman–Crippen LogP) is 1.17. The molecule has 1 aromatic rings. The van der Waals surface area contributed by atoms with Gasteiger partial charge in [-0.25, -0.2) is 4.79 Å². The Morgan fingerprint density at radius 1 is 1.18 bits per heavy atom. The number of nitrogens with one attached hydrogen (secondary N) is 1. The van der Waals surface area contributed by atoms with Gasteiger partial charge >= 0.3 is 6.03 Å². The minimum Gasteiger partial charge on any atom is -0.496 e. The average molecular weight is 307 g/mol. The maximum atomic E-state index is 12.0. The third-order valence-corrected chi connectivity index (χ3v) is 3.83. The fourth-order valence-corrected chi connectivity index (χ4v) is 2.56. The zero-order chi connectivity index (χ0) is 15.8. The number of carbonyl (C=O) groups is 1. The molecule has 0 unspecified atom stereocenters. The molecule has 122 valence electrons. The molecule has 22 heavy (non-hydrogen) atoms. The van der Waals surface area contributed by atoms with E-state index in [1.807, 2.05) is 23.1 Å². The van der Waals surface area contributed by atoms with Gasteiger partial charge in [-0.2, -0.15) is 0 Å². The number of ether oxygens (including phenoxy) is 2. The Morgan fingerprint density at radius 3 is 2.59 bits per heavy atom. The van der Waals surface area contributed by atoms with Gasteiger partial charge in [0.05, 0.1) is 13.7 Å². The molecule has 2 rings (SSSR count). The first kappa shape index (κ1) is 16.6. The summed E-state index contributed by atoms with van der Waals surface area (Å²) in [5.74, 6) is 0.919. The van der Waals surface area contributed by atoms with Gasteiger partial charge in [-0.05, 0) is 6.07 Å². The number of nitrogens with zero attached hydrogens (tertiary/aromatic N) is 2. The number of rotatable bonds is 6. The van der Waals surface area contributed by atoms with Gasteiger partial charge in [0.1, 0.15) is 5.75 Å². The normalized spacial score (nSPS) is 15.6. The highest BCUT2D eigenvalue weighted by molar-refractivity contribution is 5.74. The zero-order valence-corrected chi connectivity index (χ0v) is 13.4. The summed E-state index contributed by atoms with van der Waals surface area (Å²) in [7, 11) is 3.32. The number of benzene rings is 1. The molecule has 1 heterocycles. The van der Waals surface area contributed by atoms with E-state index in [0.717, 1.165) is 38.5 Å². The van der Waals surface area contributed by atoms with E-state index < -0.39 is 0 Å². The molecule has 0 aromatic heterocycles. The van der Waals surface area contributed by atoms with Crippen LogP contribution in [0.15, 0.2) is 24.3 Å². The maximum absolute atomic E-state index is 12.0. The van der Waals surface area contributed by atoms with E-state index in [-0.39, 0.29) is 6.03 Å². The zero-order valence-electron chi connectivity index (χ0n) is 13.4. The van der Waals surface area contributed by atoms with Crippen LogP contribution in [0.4, 0.5) is 4.79 Å². The fourth-order valence-electron chi connectivity index (χ4n) is 2.56. The number of para-hydroxylation sites is 1. The molecule has 1 aliphatic rings. The van der Waals surface area contributed by atoms with Crippen molar-refractivity contribution in [1.29, 1.82) is 0 Å². The average Bonchev–Trinajstić information content (AvgIpc) is 2.56. The number of piperazine rings is 1. The molecule has 2 amide bonds. The van der Waals surface area contributed by atoms with Crippen LogP contribution in [0, 0.1) is 0 Å². The topological polar surface area (TPSA) is 54.0 Å². The summed E-state index contributed by atoms with van der Waals surface area (Å²) in [5.41, 5.74) is 1.18. The van der Waals surface area contributed by atoms with Crippen LogP contribution in [-0.4, -0.2) is 69.4 Å². The second kappa shape index (κ2) is 8.60. The largest absolute Gasteiger partial charge is 0.496 e. The molecule has 0 aliphatic carbocycles.